The third-order valence-electron chi connectivity index (χ3n) is 4.48. The number of benzene rings is 2. The molecule has 2 nitrogen and oxygen atoms in total. The first-order chi connectivity index (χ1) is 9.93. The van der Waals surface area contributed by atoms with Gasteiger partial charge in [-0.2, -0.15) is 0 Å². The van der Waals surface area contributed by atoms with Gasteiger partial charge in [0, 0.05) is 6.54 Å². The molecule has 0 radical (unpaired) electrons. The maximum atomic E-state index is 6.16. The van der Waals surface area contributed by atoms with Gasteiger partial charge >= 0.3 is 0 Å². The molecule has 2 heterocycles. The van der Waals surface area contributed by atoms with Crippen molar-refractivity contribution in [3.63, 3.8) is 0 Å². The summed E-state index contributed by atoms with van der Waals surface area (Å²) in [7, 11) is 0. The van der Waals surface area contributed by atoms with Crippen LogP contribution in [-0.2, 0) is 11.2 Å². The van der Waals surface area contributed by atoms with E-state index in [1.807, 2.05) is 0 Å². The Morgan fingerprint density at radius 3 is 2.65 bits per heavy atom. The number of fused-ring (bicyclic) bond motifs is 3. The van der Waals surface area contributed by atoms with Crippen molar-refractivity contribution in [3.05, 3.63) is 71.3 Å². The monoisotopic (exact) mass is 265 g/mol. The summed E-state index contributed by atoms with van der Waals surface area (Å²) in [5.74, 6) is 0. The van der Waals surface area contributed by atoms with Crippen molar-refractivity contribution in [2.24, 2.45) is 0 Å². The van der Waals surface area contributed by atoms with E-state index in [1.165, 1.54) is 23.1 Å². The summed E-state index contributed by atoms with van der Waals surface area (Å²) in [5.41, 5.74) is 4.19. The number of hydrogen-bond acceptors (Lipinski definition) is 2. The second-order valence-electron chi connectivity index (χ2n) is 5.65. The zero-order chi connectivity index (χ0) is 13.4. The van der Waals surface area contributed by atoms with Gasteiger partial charge in [-0.1, -0.05) is 54.6 Å². The molecule has 0 aliphatic carbocycles. The van der Waals surface area contributed by atoms with E-state index < -0.39 is 0 Å². The van der Waals surface area contributed by atoms with Gasteiger partial charge in [-0.15, -0.1) is 0 Å². The molecule has 2 aliphatic rings. The van der Waals surface area contributed by atoms with E-state index >= 15 is 0 Å². The van der Waals surface area contributed by atoms with Crippen LogP contribution >= 0.6 is 0 Å². The highest BCUT2D eigenvalue weighted by Crippen LogP contribution is 2.41. The Labute approximate surface area is 120 Å². The zero-order valence-electron chi connectivity index (χ0n) is 11.5. The van der Waals surface area contributed by atoms with Crippen LogP contribution in [0.25, 0.3) is 0 Å². The summed E-state index contributed by atoms with van der Waals surface area (Å²) in [6, 6.07) is 19.9. The maximum Gasteiger partial charge on any atom is 0.137 e. The number of rotatable bonds is 1. The van der Waals surface area contributed by atoms with E-state index in [-0.39, 0.29) is 6.23 Å². The minimum Gasteiger partial charge on any atom is -0.357 e. The number of nitrogens with zero attached hydrogens (tertiary/aromatic N) is 1. The van der Waals surface area contributed by atoms with E-state index in [1.54, 1.807) is 0 Å². The van der Waals surface area contributed by atoms with Gasteiger partial charge in [-0.05, 0) is 29.5 Å². The molecule has 0 amide bonds. The molecule has 1 saturated heterocycles. The molecule has 0 bridgehead atoms. The fourth-order valence-corrected chi connectivity index (χ4v) is 3.50. The van der Waals surface area contributed by atoms with Crippen LogP contribution in [0.3, 0.4) is 0 Å². The van der Waals surface area contributed by atoms with Gasteiger partial charge in [0.2, 0.25) is 0 Å². The van der Waals surface area contributed by atoms with Gasteiger partial charge in [0.25, 0.3) is 0 Å². The van der Waals surface area contributed by atoms with Crippen LogP contribution in [0.1, 0.15) is 35.4 Å². The van der Waals surface area contributed by atoms with Gasteiger partial charge < -0.3 is 4.74 Å². The van der Waals surface area contributed by atoms with Crippen molar-refractivity contribution in [2.75, 3.05) is 13.2 Å². The number of aryl methyl sites for hydroxylation is 1. The van der Waals surface area contributed by atoms with Crippen molar-refractivity contribution in [1.82, 2.24) is 4.90 Å². The fourth-order valence-electron chi connectivity index (χ4n) is 3.50. The first kappa shape index (κ1) is 12.1. The van der Waals surface area contributed by atoms with Crippen LogP contribution in [0.15, 0.2) is 54.6 Å². The van der Waals surface area contributed by atoms with Gasteiger partial charge in [0.05, 0.1) is 12.6 Å². The van der Waals surface area contributed by atoms with Crippen molar-refractivity contribution >= 4 is 0 Å². The lowest BCUT2D eigenvalue weighted by atomic mass is 10.0. The van der Waals surface area contributed by atoms with Crippen LogP contribution in [0.4, 0.5) is 0 Å². The second kappa shape index (κ2) is 5.04. The molecule has 2 aromatic rings. The molecular formula is C18H19NO. The van der Waals surface area contributed by atoms with Crippen LogP contribution in [0, 0.1) is 0 Å². The molecule has 4 rings (SSSR count). The number of hydrogen-bond donors (Lipinski definition) is 0. The van der Waals surface area contributed by atoms with Crippen LogP contribution in [-0.4, -0.2) is 18.1 Å². The Balaban J connectivity index is 1.71. The molecule has 0 aromatic heterocycles. The summed E-state index contributed by atoms with van der Waals surface area (Å²) >= 11 is 0. The Hall–Kier alpha value is -1.64. The molecule has 2 aromatic carbocycles. The zero-order valence-corrected chi connectivity index (χ0v) is 11.5. The third kappa shape index (κ3) is 1.96. The predicted octanol–water partition coefficient (Wildman–Crippen LogP) is 3.70. The lowest BCUT2D eigenvalue weighted by Gasteiger charge is -2.27. The van der Waals surface area contributed by atoms with Gasteiger partial charge in [0.1, 0.15) is 6.23 Å². The first-order valence-electron chi connectivity index (χ1n) is 7.43. The van der Waals surface area contributed by atoms with E-state index in [4.69, 9.17) is 4.74 Å². The molecule has 2 heteroatoms. The number of ether oxygens (including phenoxy) is 1. The van der Waals surface area contributed by atoms with Crippen LogP contribution < -0.4 is 0 Å². The fraction of sp³-hybridized carbons (Fsp3) is 0.333. The molecule has 0 saturated carbocycles. The highest BCUT2D eigenvalue weighted by Gasteiger charge is 2.37. The van der Waals surface area contributed by atoms with E-state index in [0.29, 0.717) is 6.04 Å². The largest absolute Gasteiger partial charge is 0.357 e. The van der Waals surface area contributed by atoms with Gasteiger partial charge in [-0.25, -0.2) is 0 Å². The average molecular weight is 265 g/mol. The van der Waals surface area contributed by atoms with Crippen molar-refractivity contribution in [3.8, 4) is 0 Å². The second-order valence-corrected chi connectivity index (χ2v) is 5.65. The summed E-state index contributed by atoms with van der Waals surface area (Å²) < 4.78 is 6.16. The lowest BCUT2D eigenvalue weighted by Crippen LogP contribution is -2.27. The Morgan fingerprint density at radius 2 is 1.75 bits per heavy atom. The smallest absolute Gasteiger partial charge is 0.137 e. The van der Waals surface area contributed by atoms with Gasteiger partial charge in [0.15, 0.2) is 0 Å². The summed E-state index contributed by atoms with van der Waals surface area (Å²) in [6.45, 7) is 1.90. The quantitative estimate of drug-likeness (QED) is 0.779. The van der Waals surface area contributed by atoms with Crippen molar-refractivity contribution < 1.29 is 4.74 Å². The molecule has 2 atom stereocenters. The van der Waals surface area contributed by atoms with Crippen LogP contribution in [0.2, 0.25) is 0 Å². The van der Waals surface area contributed by atoms with E-state index in [2.05, 4.69) is 59.5 Å². The molecule has 20 heavy (non-hydrogen) atoms. The average Bonchev–Trinajstić information content (AvgIpc) is 2.84. The van der Waals surface area contributed by atoms with Crippen LogP contribution in [0.5, 0.6) is 0 Å². The van der Waals surface area contributed by atoms with E-state index in [0.717, 1.165) is 19.6 Å². The maximum absolute atomic E-state index is 6.16. The lowest BCUT2D eigenvalue weighted by molar-refractivity contribution is 0.0315. The third-order valence-corrected chi connectivity index (χ3v) is 4.48. The minimum absolute atomic E-state index is 0.138. The molecule has 2 aliphatic heterocycles. The molecule has 0 N–H and O–H groups in total. The topological polar surface area (TPSA) is 12.5 Å². The molecule has 1 fully saturated rings. The first-order valence-corrected chi connectivity index (χ1v) is 7.43. The summed E-state index contributed by atoms with van der Waals surface area (Å²) in [4.78, 5) is 2.53. The normalized spacial score (nSPS) is 25.8. The molecule has 0 spiro atoms. The van der Waals surface area contributed by atoms with E-state index in [9.17, 15) is 0 Å². The summed E-state index contributed by atoms with van der Waals surface area (Å²) in [6.07, 6.45) is 2.51. The summed E-state index contributed by atoms with van der Waals surface area (Å²) in [5, 5.41) is 0. The van der Waals surface area contributed by atoms with Crippen molar-refractivity contribution in [2.45, 2.75) is 25.1 Å². The van der Waals surface area contributed by atoms with Gasteiger partial charge in [-0.3, -0.25) is 4.90 Å². The minimum atomic E-state index is 0.138. The molecule has 0 unspecified atom stereocenters. The highest BCUT2D eigenvalue weighted by molar-refractivity contribution is 5.32. The Morgan fingerprint density at radius 1 is 0.950 bits per heavy atom. The molecule has 102 valence electrons. The standard InChI is InChI=1S/C18H19NO/c1-2-8-15(9-3-1)17-13-20-18-16-11-5-4-7-14(16)10-6-12-19(17)18/h1-5,7-9,11,17-18H,6,10,12-13H2/t17-,18-/m1/s1. The molecular weight excluding hydrogens is 246 g/mol. The predicted molar refractivity (Wildman–Crippen MR) is 79.3 cm³/mol. The highest BCUT2D eigenvalue weighted by atomic mass is 16.5. The Kier molecular flexibility index (Phi) is 3.06. The Bertz CT molecular complexity index is 595. The SMILES string of the molecule is c1ccc([C@H]2CO[C@@H]3c4ccccc4CCCN23)cc1. The van der Waals surface area contributed by atoms with Crippen molar-refractivity contribution in [1.29, 1.82) is 0 Å².